The van der Waals surface area contributed by atoms with Crippen molar-refractivity contribution in [1.29, 1.82) is 0 Å². The van der Waals surface area contributed by atoms with Crippen LogP contribution in [0.4, 0.5) is 9.39 Å². The average Bonchev–Trinajstić information content (AvgIpc) is 2.64. The molecule has 0 aliphatic rings. The number of rotatable bonds is 3. The predicted octanol–water partition coefficient (Wildman–Crippen LogP) is 4.01. The number of anilines is 1. The molecule has 0 saturated carbocycles. The van der Waals surface area contributed by atoms with Gasteiger partial charge in [0, 0.05) is 16.0 Å². The van der Waals surface area contributed by atoms with E-state index in [2.05, 4.69) is 0 Å². The van der Waals surface area contributed by atoms with Crippen molar-refractivity contribution in [3.63, 3.8) is 0 Å². The lowest BCUT2D eigenvalue weighted by Gasteiger charge is -2.10. The number of ether oxygens (including phenoxy) is 1. The Kier molecular flexibility index (Phi) is 4.09. The van der Waals surface area contributed by atoms with Gasteiger partial charge in [-0.2, -0.15) is 0 Å². The van der Waals surface area contributed by atoms with E-state index in [1.165, 1.54) is 17.4 Å². The summed E-state index contributed by atoms with van der Waals surface area (Å²) in [4.78, 5) is 13.0. The van der Waals surface area contributed by atoms with Crippen LogP contribution in [0.1, 0.15) is 29.1 Å². The van der Waals surface area contributed by atoms with Crippen LogP contribution in [0.25, 0.3) is 11.1 Å². The molecular weight excluding hydrogens is 277 g/mol. The molecule has 0 fully saturated rings. The lowest BCUT2D eigenvalue weighted by molar-refractivity contribution is 0.0380. The van der Waals surface area contributed by atoms with Crippen molar-refractivity contribution in [2.75, 3.05) is 5.73 Å². The van der Waals surface area contributed by atoms with E-state index >= 15 is 0 Å². The van der Waals surface area contributed by atoms with Gasteiger partial charge in [-0.25, -0.2) is 9.18 Å². The summed E-state index contributed by atoms with van der Waals surface area (Å²) in [5.74, 6) is -0.896. The normalized spacial score (nSPS) is 10.8. The highest BCUT2D eigenvalue weighted by Crippen LogP contribution is 2.39. The van der Waals surface area contributed by atoms with Gasteiger partial charge in [-0.3, -0.25) is 0 Å². The van der Waals surface area contributed by atoms with Crippen LogP contribution >= 0.6 is 11.3 Å². The molecule has 2 aromatic rings. The maximum absolute atomic E-state index is 14.0. The van der Waals surface area contributed by atoms with Gasteiger partial charge in [0.1, 0.15) is 16.4 Å². The van der Waals surface area contributed by atoms with Crippen LogP contribution in [0.3, 0.4) is 0 Å². The lowest BCUT2D eigenvalue weighted by atomic mass is 10.0. The molecule has 2 rings (SSSR count). The highest BCUT2D eigenvalue weighted by molar-refractivity contribution is 7.16. The molecule has 0 radical (unpaired) electrons. The Morgan fingerprint density at radius 1 is 1.35 bits per heavy atom. The molecule has 1 aromatic carbocycles. The fourth-order valence-corrected chi connectivity index (χ4v) is 2.96. The molecule has 0 spiro atoms. The van der Waals surface area contributed by atoms with Crippen molar-refractivity contribution < 1.29 is 13.9 Å². The third-order valence-corrected chi connectivity index (χ3v) is 3.74. The van der Waals surface area contributed by atoms with E-state index in [1.54, 1.807) is 32.0 Å². The number of carbonyl (C=O) groups excluding carboxylic acids is 1. The number of aryl methyl sites for hydroxylation is 1. The van der Waals surface area contributed by atoms with Crippen LogP contribution < -0.4 is 5.73 Å². The largest absolute Gasteiger partial charge is 0.459 e. The number of nitrogens with two attached hydrogens (primary N) is 1. The number of thiophene rings is 1. The minimum Gasteiger partial charge on any atom is -0.459 e. The summed E-state index contributed by atoms with van der Waals surface area (Å²) >= 11 is 1.27. The van der Waals surface area contributed by atoms with Crippen LogP contribution in [-0.2, 0) is 4.74 Å². The molecule has 0 unspecified atom stereocenters. The Balaban J connectivity index is 2.60. The summed E-state index contributed by atoms with van der Waals surface area (Å²) in [6.45, 7) is 5.33. The van der Waals surface area contributed by atoms with Crippen LogP contribution in [0.5, 0.6) is 0 Å². The highest BCUT2D eigenvalue weighted by Gasteiger charge is 2.25. The fourth-order valence-electron chi connectivity index (χ4n) is 2.03. The number of halogens is 1. The van der Waals surface area contributed by atoms with Crippen LogP contribution in [0, 0.1) is 12.7 Å². The molecule has 106 valence electrons. The Hall–Kier alpha value is -1.88. The van der Waals surface area contributed by atoms with Crippen molar-refractivity contribution in [3.05, 3.63) is 40.5 Å². The first-order chi connectivity index (χ1) is 9.41. The molecule has 2 N–H and O–H groups in total. The maximum Gasteiger partial charge on any atom is 0.342 e. The standard InChI is InChI=1S/C15H16FNO2S/c1-8(2)19-15(18)13-12(9(3)20-14(13)17)10-6-4-5-7-11(10)16/h4-8H,17H2,1-3H3. The Bertz CT molecular complexity index is 649. The number of hydrogen-bond donors (Lipinski definition) is 1. The molecule has 1 aromatic heterocycles. The zero-order valence-corrected chi connectivity index (χ0v) is 12.4. The van der Waals surface area contributed by atoms with Crippen LogP contribution in [0.2, 0.25) is 0 Å². The number of hydrogen-bond acceptors (Lipinski definition) is 4. The van der Waals surface area contributed by atoms with Crippen molar-refractivity contribution >= 4 is 22.3 Å². The van der Waals surface area contributed by atoms with Gasteiger partial charge >= 0.3 is 5.97 Å². The molecule has 20 heavy (non-hydrogen) atoms. The molecule has 0 aliphatic carbocycles. The predicted molar refractivity (Wildman–Crippen MR) is 79.4 cm³/mol. The zero-order valence-electron chi connectivity index (χ0n) is 11.6. The molecule has 0 saturated heterocycles. The highest BCUT2D eigenvalue weighted by atomic mass is 32.1. The third kappa shape index (κ3) is 2.67. The Morgan fingerprint density at radius 2 is 2.00 bits per heavy atom. The van der Waals surface area contributed by atoms with E-state index in [9.17, 15) is 9.18 Å². The number of esters is 1. The summed E-state index contributed by atoms with van der Waals surface area (Å²) in [5, 5.41) is 0.353. The van der Waals surface area contributed by atoms with Gasteiger partial charge < -0.3 is 10.5 Å². The van der Waals surface area contributed by atoms with Gasteiger partial charge in [0.15, 0.2) is 0 Å². The Morgan fingerprint density at radius 3 is 2.60 bits per heavy atom. The van der Waals surface area contributed by atoms with Crippen molar-refractivity contribution in [2.24, 2.45) is 0 Å². The molecule has 1 heterocycles. The average molecular weight is 293 g/mol. The fraction of sp³-hybridized carbons (Fsp3) is 0.267. The summed E-state index contributed by atoms with van der Waals surface area (Å²) in [7, 11) is 0. The molecular formula is C15H16FNO2S. The van der Waals surface area contributed by atoms with Crippen LogP contribution in [-0.4, -0.2) is 12.1 Å². The second-order valence-electron chi connectivity index (χ2n) is 4.71. The third-order valence-electron chi connectivity index (χ3n) is 2.80. The lowest BCUT2D eigenvalue weighted by Crippen LogP contribution is -2.13. The molecule has 0 amide bonds. The zero-order chi connectivity index (χ0) is 14.9. The summed E-state index contributed by atoms with van der Waals surface area (Å²) < 4.78 is 19.2. The number of benzene rings is 1. The number of nitrogen functional groups attached to an aromatic ring is 1. The SMILES string of the molecule is Cc1sc(N)c(C(=O)OC(C)C)c1-c1ccccc1F. The van der Waals surface area contributed by atoms with E-state index < -0.39 is 5.97 Å². The van der Waals surface area contributed by atoms with E-state index in [0.29, 0.717) is 16.1 Å². The van der Waals surface area contributed by atoms with E-state index in [-0.39, 0.29) is 17.5 Å². The van der Waals surface area contributed by atoms with Gasteiger partial charge in [-0.15, -0.1) is 11.3 Å². The minimum absolute atomic E-state index is 0.254. The van der Waals surface area contributed by atoms with Crippen LogP contribution in [0.15, 0.2) is 24.3 Å². The first kappa shape index (κ1) is 14.5. The number of carbonyl (C=O) groups is 1. The van der Waals surface area contributed by atoms with Gasteiger partial charge in [-0.1, -0.05) is 18.2 Å². The van der Waals surface area contributed by atoms with Crippen molar-refractivity contribution in [1.82, 2.24) is 0 Å². The summed E-state index contributed by atoms with van der Waals surface area (Å²) in [6, 6.07) is 6.33. The van der Waals surface area contributed by atoms with Gasteiger partial charge in [0.05, 0.1) is 6.10 Å². The molecule has 0 atom stereocenters. The Labute approximate surface area is 121 Å². The first-order valence-corrected chi connectivity index (χ1v) is 7.08. The maximum atomic E-state index is 14.0. The van der Waals surface area contributed by atoms with Crippen molar-refractivity contribution in [3.8, 4) is 11.1 Å². The van der Waals surface area contributed by atoms with E-state index in [0.717, 1.165) is 4.88 Å². The topological polar surface area (TPSA) is 52.3 Å². The van der Waals surface area contributed by atoms with Gasteiger partial charge in [0.25, 0.3) is 0 Å². The van der Waals surface area contributed by atoms with Gasteiger partial charge in [-0.05, 0) is 26.8 Å². The quantitative estimate of drug-likeness (QED) is 0.870. The second kappa shape index (κ2) is 5.63. The summed E-state index contributed by atoms with van der Waals surface area (Å²) in [6.07, 6.45) is -0.254. The molecule has 5 heteroatoms. The first-order valence-electron chi connectivity index (χ1n) is 6.26. The van der Waals surface area contributed by atoms with E-state index in [1.807, 2.05) is 6.92 Å². The molecule has 0 aliphatic heterocycles. The monoisotopic (exact) mass is 293 g/mol. The summed E-state index contributed by atoms with van der Waals surface area (Å²) in [5.41, 5.74) is 7.05. The minimum atomic E-state index is -0.514. The van der Waals surface area contributed by atoms with E-state index in [4.69, 9.17) is 10.5 Å². The second-order valence-corrected chi connectivity index (χ2v) is 5.96. The van der Waals surface area contributed by atoms with Gasteiger partial charge in [0.2, 0.25) is 0 Å². The molecule has 0 bridgehead atoms. The van der Waals surface area contributed by atoms with Crippen molar-refractivity contribution in [2.45, 2.75) is 26.9 Å². The molecule has 3 nitrogen and oxygen atoms in total. The smallest absolute Gasteiger partial charge is 0.342 e.